The molecule has 4 heteroatoms. The predicted octanol–water partition coefficient (Wildman–Crippen LogP) is 21.2. The van der Waals surface area contributed by atoms with Gasteiger partial charge in [0.1, 0.15) is 11.2 Å². The Morgan fingerprint density at radius 3 is 1.29 bits per heavy atom. The molecule has 18 aromatic rings. The molecule has 18 rings (SSSR count). The van der Waals surface area contributed by atoms with Crippen LogP contribution in [0.1, 0.15) is 0 Å². The van der Waals surface area contributed by atoms with Crippen LogP contribution in [0.5, 0.6) is 0 Å². The van der Waals surface area contributed by atoms with E-state index in [2.05, 4.69) is 367 Å². The van der Waals surface area contributed by atoms with Crippen molar-refractivity contribution in [3.05, 3.63) is 364 Å². The maximum absolute atomic E-state index is 6.34. The second kappa shape index (κ2) is 22.7. The summed E-state index contributed by atoms with van der Waals surface area (Å²) in [6, 6.07) is 135. The van der Waals surface area contributed by atoms with E-state index in [-0.39, 0.29) is 0 Å². The molecule has 0 saturated carbocycles. The molecule has 0 saturated heterocycles. The van der Waals surface area contributed by atoms with Gasteiger partial charge in [-0.05, 0) is 119 Å². The Hall–Kier alpha value is -12.1. The second-order valence-corrected chi connectivity index (χ2v) is 28.4. The third kappa shape index (κ3) is 8.94. The van der Waals surface area contributed by atoms with Gasteiger partial charge in [0.25, 0.3) is 0 Å². The minimum atomic E-state index is -3.34. The molecule has 0 spiro atoms. The zero-order valence-electron chi connectivity index (χ0n) is 51.4. The SMILES string of the molecule is c1ccc(-c2cccc([Si](c3ccccc3)(c3cccc(-c4ccccc4)c3)c3cc(-c4ccccc4)c(-n4c5ccccc5c5cc(-n6c7ccccc7c7cccc(-c8ccccc8-c8ccc9oc%10ccccc%10c9c8)c76)ccc54)c(-c4ccccc4)c3)c2)cc1. The molecular formula is C90H60N2OSi. The molecule has 0 aliphatic rings. The molecule has 440 valence electrons. The molecule has 3 nitrogen and oxygen atoms in total. The van der Waals surface area contributed by atoms with Crippen molar-refractivity contribution in [2.45, 2.75) is 0 Å². The first-order valence-corrected chi connectivity index (χ1v) is 34.4. The number of benzene rings is 15. The first-order valence-electron chi connectivity index (χ1n) is 32.4. The lowest BCUT2D eigenvalue weighted by atomic mass is 9.92. The summed E-state index contributed by atoms with van der Waals surface area (Å²) in [7, 11) is -3.34. The summed E-state index contributed by atoms with van der Waals surface area (Å²) >= 11 is 0. The van der Waals surface area contributed by atoms with E-state index in [0.29, 0.717) is 0 Å². The smallest absolute Gasteiger partial charge is 0.179 e. The van der Waals surface area contributed by atoms with Crippen LogP contribution in [-0.4, -0.2) is 17.2 Å². The molecule has 0 N–H and O–H groups in total. The highest BCUT2D eigenvalue weighted by Gasteiger charge is 2.43. The number of nitrogens with zero attached hydrogens (tertiary/aromatic N) is 2. The summed E-state index contributed by atoms with van der Waals surface area (Å²) in [6.45, 7) is 0. The highest BCUT2D eigenvalue weighted by molar-refractivity contribution is 7.20. The molecule has 3 aromatic heterocycles. The van der Waals surface area contributed by atoms with Crippen molar-refractivity contribution in [1.29, 1.82) is 0 Å². The molecular weight excluding hydrogens is 1150 g/mol. The fourth-order valence-corrected chi connectivity index (χ4v) is 20.1. The second-order valence-electron chi connectivity index (χ2n) is 24.6. The van der Waals surface area contributed by atoms with Gasteiger partial charge in [0, 0.05) is 54.7 Å². The first kappa shape index (κ1) is 54.8. The molecule has 15 aromatic carbocycles. The summed E-state index contributed by atoms with van der Waals surface area (Å²) in [5.74, 6) is 0. The van der Waals surface area contributed by atoms with E-state index in [0.717, 1.165) is 94.3 Å². The highest BCUT2D eigenvalue weighted by Crippen LogP contribution is 2.46. The number of fused-ring (bicyclic) bond motifs is 9. The summed E-state index contributed by atoms with van der Waals surface area (Å²) in [5.41, 5.74) is 22.6. The van der Waals surface area contributed by atoms with Gasteiger partial charge in [-0.3, -0.25) is 0 Å². The van der Waals surface area contributed by atoms with E-state index in [9.17, 15) is 0 Å². The average molecular weight is 1210 g/mol. The lowest BCUT2D eigenvalue weighted by molar-refractivity contribution is 0.669. The number of furan rings is 1. The van der Waals surface area contributed by atoms with Gasteiger partial charge in [-0.2, -0.15) is 0 Å². The van der Waals surface area contributed by atoms with Crippen molar-refractivity contribution in [2.24, 2.45) is 0 Å². The standard InChI is InChI=1S/C90H60N2OSi/c1-6-27-61(28-7-1)65-35-24-39-70(55-65)94(69-37-14-5-15-38-69,71-40-25-36-66(56-71)62-29-8-2-9-30-62)72-59-80(63-31-10-3-11-32-63)90(81(60-72)64-33-12-4-13-34-64)92-85-49-22-19-44-76(85)82-58-68(52-53-86(82)92)91-84-48-21-18-43-75(84)79-47-26-46-78(89(79)91)74-42-17-16-41-73(74)67-51-54-88-83(57-67)77-45-20-23-50-87(77)93-88/h1-60H. The largest absolute Gasteiger partial charge is 0.456 e. The Kier molecular flexibility index (Phi) is 13.2. The van der Waals surface area contributed by atoms with E-state index in [1.807, 2.05) is 6.07 Å². The molecule has 0 fully saturated rings. The highest BCUT2D eigenvalue weighted by atomic mass is 28.3. The molecule has 0 atom stereocenters. The fraction of sp³-hybridized carbons (Fsp3) is 0. The van der Waals surface area contributed by atoms with E-state index in [4.69, 9.17) is 4.42 Å². The van der Waals surface area contributed by atoms with Crippen LogP contribution < -0.4 is 20.7 Å². The molecule has 0 amide bonds. The van der Waals surface area contributed by atoms with Crippen molar-refractivity contribution < 1.29 is 4.42 Å². The minimum Gasteiger partial charge on any atom is -0.456 e. The van der Waals surface area contributed by atoms with Gasteiger partial charge >= 0.3 is 0 Å². The van der Waals surface area contributed by atoms with Crippen molar-refractivity contribution in [2.75, 3.05) is 0 Å². The average Bonchev–Trinajstić information content (AvgIpc) is 1.50. The first-order chi connectivity index (χ1) is 46.6. The van der Waals surface area contributed by atoms with Crippen LogP contribution in [0.3, 0.4) is 0 Å². The van der Waals surface area contributed by atoms with Gasteiger partial charge in [0.2, 0.25) is 0 Å². The Morgan fingerprint density at radius 2 is 0.660 bits per heavy atom. The molecule has 3 heterocycles. The van der Waals surface area contributed by atoms with E-state index >= 15 is 0 Å². The van der Waals surface area contributed by atoms with Crippen molar-refractivity contribution in [3.8, 4) is 78.1 Å². The minimum absolute atomic E-state index is 0.888. The summed E-state index contributed by atoms with van der Waals surface area (Å²) in [5, 5.41) is 12.2. The predicted molar refractivity (Wildman–Crippen MR) is 399 cm³/mol. The summed E-state index contributed by atoms with van der Waals surface area (Å²) in [4.78, 5) is 0. The number of hydrogen-bond acceptors (Lipinski definition) is 1. The van der Waals surface area contributed by atoms with Crippen LogP contribution in [0.2, 0.25) is 0 Å². The number of rotatable bonds is 12. The van der Waals surface area contributed by atoms with Crippen LogP contribution >= 0.6 is 0 Å². The molecule has 94 heavy (non-hydrogen) atoms. The van der Waals surface area contributed by atoms with Gasteiger partial charge in [-0.25, -0.2) is 0 Å². The quantitative estimate of drug-likeness (QED) is 0.0883. The molecule has 0 radical (unpaired) electrons. The maximum Gasteiger partial charge on any atom is 0.179 e. The van der Waals surface area contributed by atoms with Crippen molar-refractivity contribution in [3.63, 3.8) is 0 Å². The Labute approximate surface area is 546 Å². The van der Waals surface area contributed by atoms with E-state index < -0.39 is 8.07 Å². The van der Waals surface area contributed by atoms with Crippen LogP contribution in [0.4, 0.5) is 0 Å². The third-order valence-electron chi connectivity index (χ3n) is 19.5. The Bertz CT molecular complexity index is 5760. The van der Waals surface area contributed by atoms with Crippen molar-refractivity contribution in [1.82, 2.24) is 9.13 Å². The molecule has 0 unspecified atom stereocenters. The Balaban J connectivity index is 0.904. The van der Waals surface area contributed by atoms with Crippen LogP contribution in [0, 0.1) is 0 Å². The van der Waals surface area contributed by atoms with E-state index in [1.54, 1.807) is 0 Å². The normalized spacial score (nSPS) is 11.8. The van der Waals surface area contributed by atoms with E-state index in [1.165, 1.54) is 70.1 Å². The summed E-state index contributed by atoms with van der Waals surface area (Å²) < 4.78 is 11.4. The molecule has 0 bridgehead atoms. The molecule has 0 aliphatic carbocycles. The lowest BCUT2D eigenvalue weighted by Gasteiger charge is -2.36. The lowest BCUT2D eigenvalue weighted by Crippen LogP contribution is -2.74. The van der Waals surface area contributed by atoms with Crippen molar-refractivity contribution >= 4 is 94.4 Å². The third-order valence-corrected chi connectivity index (χ3v) is 24.2. The summed E-state index contributed by atoms with van der Waals surface area (Å²) in [6.07, 6.45) is 0. The van der Waals surface area contributed by atoms with Gasteiger partial charge < -0.3 is 13.6 Å². The van der Waals surface area contributed by atoms with Crippen LogP contribution in [0.15, 0.2) is 368 Å². The number of hydrogen-bond donors (Lipinski definition) is 0. The van der Waals surface area contributed by atoms with Gasteiger partial charge in [-0.15, -0.1) is 0 Å². The van der Waals surface area contributed by atoms with Gasteiger partial charge in [-0.1, -0.05) is 315 Å². The maximum atomic E-state index is 6.34. The van der Waals surface area contributed by atoms with Crippen LogP contribution in [-0.2, 0) is 0 Å². The fourth-order valence-electron chi connectivity index (χ4n) is 15.3. The monoisotopic (exact) mass is 1210 g/mol. The zero-order chi connectivity index (χ0) is 62.1. The Morgan fingerprint density at radius 1 is 0.213 bits per heavy atom. The topological polar surface area (TPSA) is 23.0 Å². The van der Waals surface area contributed by atoms with Gasteiger partial charge in [0.05, 0.1) is 27.8 Å². The van der Waals surface area contributed by atoms with Gasteiger partial charge in [0.15, 0.2) is 8.07 Å². The number of para-hydroxylation sites is 4. The molecule has 0 aliphatic heterocycles. The zero-order valence-corrected chi connectivity index (χ0v) is 52.4. The van der Waals surface area contributed by atoms with Crippen LogP contribution in [0.25, 0.3) is 144 Å². The number of aromatic nitrogens is 2.